The number of nitrogens with two attached hydrogens (primary N) is 1. The molecule has 0 bridgehead atoms. The molecule has 0 aromatic carbocycles. The molecule has 2 saturated carbocycles. The summed E-state index contributed by atoms with van der Waals surface area (Å²) in [6.45, 7) is 1.93. The Bertz CT molecular complexity index is 423. The number of nitrogen functional groups attached to an aromatic ring is 1. The summed E-state index contributed by atoms with van der Waals surface area (Å²) in [6.07, 6.45) is 8.02. The van der Waals surface area contributed by atoms with Crippen LogP contribution in [0.3, 0.4) is 0 Å². The molecule has 94 valence electrons. The van der Waals surface area contributed by atoms with Gasteiger partial charge in [0.2, 0.25) is 0 Å². The van der Waals surface area contributed by atoms with Gasteiger partial charge in [-0.25, -0.2) is 4.68 Å². The summed E-state index contributed by atoms with van der Waals surface area (Å²) in [5.74, 6) is 2.55. The first-order chi connectivity index (χ1) is 8.16. The predicted molar refractivity (Wildman–Crippen MR) is 70.1 cm³/mol. The number of hydrogen-bond acceptors (Lipinski definition) is 2. The van der Waals surface area contributed by atoms with Crippen LogP contribution in [0.2, 0.25) is 5.02 Å². The zero-order valence-electron chi connectivity index (χ0n) is 10.3. The molecule has 2 atom stereocenters. The number of aryl methyl sites for hydroxylation is 1. The summed E-state index contributed by atoms with van der Waals surface area (Å²) in [4.78, 5) is 0. The van der Waals surface area contributed by atoms with Gasteiger partial charge in [-0.05, 0) is 44.4 Å². The zero-order valence-corrected chi connectivity index (χ0v) is 11.1. The Morgan fingerprint density at radius 3 is 2.59 bits per heavy atom. The van der Waals surface area contributed by atoms with Crippen LogP contribution < -0.4 is 5.73 Å². The number of anilines is 1. The maximum Gasteiger partial charge on any atom is 0.141 e. The molecule has 2 aliphatic carbocycles. The quantitative estimate of drug-likeness (QED) is 0.876. The van der Waals surface area contributed by atoms with Crippen molar-refractivity contribution in [2.24, 2.45) is 11.8 Å². The summed E-state index contributed by atoms with van der Waals surface area (Å²) in [6, 6.07) is 0.473. The number of hydrogen-bond donors (Lipinski definition) is 1. The van der Waals surface area contributed by atoms with E-state index in [2.05, 4.69) is 5.10 Å². The zero-order chi connectivity index (χ0) is 12.0. The summed E-state index contributed by atoms with van der Waals surface area (Å²) in [5.41, 5.74) is 6.90. The highest BCUT2D eigenvalue weighted by Crippen LogP contribution is 2.47. The molecule has 0 spiro atoms. The van der Waals surface area contributed by atoms with Gasteiger partial charge < -0.3 is 5.73 Å². The highest BCUT2D eigenvalue weighted by Gasteiger charge is 2.36. The minimum Gasteiger partial charge on any atom is -0.383 e. The molecule has 0 saturated heterocycles. The molecule has 2 unspecified atom stereocenters. The molecule has 0 radical (unpaired) electrons. The van der Waals surface area contributed by atoms with Crippen molar-refractivity contribution in [2.45, 2.75) is 51.5 Å². The molecular formula is C13H20ClN3. The highest BCUT2D eigenvalue weighted by atomic mass is 35.5. The van der Waals surface area contributed by atoms with Crippen molar-refractivity contribution >= 4 is 17.4 Å². The topological polar surface area (TPSA) is 43.8 Å². The van der Waals surface area contributed by atoms with Gasteiger partial charge in [-0.15, -0.1) is 0 Å². The maximum absolute atomic E-state index is 6.12. The molecule has 2 fully saturated rings. The first kappa shape index (κ1) is 11.4. The number of nitrogens with zero attached hydrogens (tertiary/aromatic N) is 2. The van der Waals surface area contributed by atoms with Crippen molar-refractivity contribution in [3.63, 3.8) is 0 Å². The standard InChI is InChI=1S/C13H20ClN3/c1-8-12(14)13(15)17(16-8)11-4-2-3-10(7-11)9-5-6-9/h9-11H,2-7,15H2,1H3. The van der Waals surface area contributed by atoms with Crippen molar-refractivity contribution in [1.29, 1.82) is 0 Å². The molecule has 0 amide bonds. The van der Waals surface area contributed by atoms with E-state index in [1.54, 1.807) is 0 Å². The lowest BCUT2D eigenvalue weighted by atomic mass is 9.83. The smallest absolute Gasteiger partial charge is 0.141 e. The van der Waals surface area contributed by atoms with Crippen LogP contribution in [0.15, 0.2) is 0 Å². The van der Waals surface area contributed by atoms with E-state index in [0.29, 0.717) is 16.9 Å². The second kappa shape index (κ2) is 4.20. The van der Waals surface area contributed by atoms with E-state index >= 15 is 0 Å². The summed E-state index contributed by atoms with van der Waals surface area (Å²) >= 11 is 6.12. The van der Waals surface area contributed by atoms with Gasteiger partial charge in [-0.2, -0.15) is 5.10 Å². The molecule has 17 heavy (non-hydrogen) atoms. The third-order valence-electron chi connectivity index (χ3n) is 4.37. The largest absolute Gasteiger partial charge is 0.383 e. The van der Waals surface area contributed by atoms with Crippen molar-refractivity contribution in [3.8, 4) is 0 Å². The molecule has 3 nitrogen and oxygen atoms in total. The third-order valence-corrected chi connectivity index (χ3v) is 4.84. The Labute approximate surface area is 107 Å². The fourth-order valence-corrected chi connectivity index (χ4v) is 3.37. The van der Waals surface area contributed by atoms with Gasteiger partial charge in [0.25, 0.3) is 0 Å². The summed E-state index contributed by atoms with van der Waals surface area (Å²) < 4.78 is 1.98. The normalized spacial score (nSPS) is 29.5. The first-order valence-corrected chi connectivity index (χ1v) is 7.04. The van der Waals surface area contributed by atoms with Gasteiger partial charge in [0.1, 0.15) is 10.8 Å². The molecule has 1 aromatic rings. The third kappa shape index (κ3) is 2.05. The summed E-state index contributed by atoms with van der Waals surface area (Å²) in [7, 11) is 0. The van der Waals surface area contributed by atoms with Gasteiger partial charge in [-0.3, -0.25) is 0 Å². The van der Waals surface area contributed by atoms with E-state index in [0.717, 1.165) is 17.5 Å². The lowest BCUT2D eigenvalue weighted by Gasteiger charge is -2.29. The molecule has 0 aliphatic heterocycles. The lowest BCUT2D eigenvalue weighted by Crippen LogP contribution is -2.22. The van der Waals surface area contributed by atoms with E-state index < -0.39 is 0 Å². The second-order valence-corrected chi connectivity index (χ2v) is 6.03. The first-order valence-electron chi connectivity index (χ1n) is 6.67. The Morgan fingerprint density at radius 2 is 2.00 bits per heavy atom. The SMILES string of the molecule is Cc1nn(C2CCCC(C3CC3)C2)c(N)c1Cl. The fraction of sp³-hybridized carbons (Fsp3) is 0.769. The van der Waals surface area contributed by atoms with E-state index in [4.69, 9.17) is 17.3 Å². The van der Waals surface area contributed by atoms with Gasteiger partial charge >= 0.3 is 0 Å². The minimum atomic E-state index is 0.473. The van der Waals surface area contributed by atoms with Gasteiger partial charge in [-0.1, -0.05) is 24.4 Å². The molecule has 3 rings (SSSR count). The molecule has 1 heterocycles. The Balaban J connectivity index is 1.80. The monoisotopic (exact) mass is 253 g/mol. The van der Waals surface area contributed by atoms with Crippen molar-refractivity contribution < 1.29 is 0 Å². The Kier molecular flexibility index (Phi) is 2.81. The van der Waals surface area contributed by atoms with Crippen LogP contribution in [-0.2, 0) is 0 Å². The van der Waals surface area contributed by atoms with Crippen molar-refractivity contribution in [2.75, 3.05) is 5.73 Å². The van der Waals surface area contributed by atoms with Crippen molar-refractivity contribution in [3.05, 3.63) is 10.7 Å². The molecule has 2 N–H and O–H groups in total. The van der Waals surface area contributed by atoms with Crippen LogP contribution in [-0.4, -0.2) is 9.78 Å². The minimum absolute atomic E-state index is 0.473. The number of rotatable bonds is 2. The van der Waals surface area contributed by atoms with E-state index in [-0.39, 0.29) is 0 Å². The molecule has 1 aromatic heterocycles. The van der Waals surface area contributed by atoms with Crippen LogP contribution >= 0.6 is 11.6 Å². The molecule has 2 aliphatic rings. The molecule has 4 heteroatoms. The van der Waals surface area contributed by atoms with Gasteiger partial charge in [0.05, 0.1) is 11.7 Å². The number of aromatic nitrogens is 2. The van der Waals surface area contributed by atoms with Crippen LogP contribution in [0.25, 0.3) is 0 Å². The summed E-state index contributed by atoms with van der Waals surface area (Å²) in [5, 5.41) is 5.14. The van der Waals surface area contributed by atoms with Crippen LogP contribution in [0.1, 0.15) is 50.3 Å². The van der Waals surface area contributed by atoms with Gasteiger partial charge in [0, 0.05) is 0 Å². The van der Waals surface area contributed by atoms with Gasteiger partial charge in [0.15, 0.2) is 0 Å². The van der Waals surface area contributed by atoms with Crippen LogP contribution in [0, 0.1) is 18.8 Å². The second-order valence-electron chi connectivity index (χ2n) is 5.65. The van der Waals surface area contributed by atoms with E-state index in [9.17, 15) is 0 Å². The Hall–Kier alpha value is -0.700. The Morgan fingerprint density at radius 1 is 1.24 bits per heavy atom. The van der Waals surface area contributed by atoms with Crippen molar-refractivity contribution in [1.82, 2.24) is 9.78 Å². The predicted octanol–water partition coefficient (Wildman–Crippen LogP) is 3.57. The average Bonchev–Trinajstić information content (AvgIpc) is 3.14. The van der Waals surface area contributed by atoms with Crippen LogP contribution in [0.4, 0.5) is 5.82 Å². The lowest BCUT2D eigenvalue weighted by molar-refractivity contribution is 0.233. The van der Waals surface area contributed by atoms with E-state index in [1.165, 1.54) is 38.5 Å². The highest BCUT2D eigenvalue weighted by molar-refractivity contribution is 6.33. The number of halogens is 1. The average molecular weight is 254 g/mol. The molecular weight excluding hydrogens is 234 g/mol. The van der Waals surface area contributed by atoms with Crippen LogP contribution in [0.5, 0.6) is 0 Å². The fourth-order valence-electron chi connectivity index (χ4n) is 3.24. The maximum atomic E-state index is 6.12. The van der Waals surface area contributed by atoms with E-state index in [1.807, 2.05) is 11.6 Å².